The predicted octanol–water partition coefficient (Wildman–Crippen LogP) is 0.281. The van der Waals surface area contributed by atoms with Crippen LogP contribution in [0, 0.1) is 12.8 Å². The van der Waals surface area contributed by atoms with Crippen molar-refractivity contribution in [3.8, 4) is 0 Å². The van der Waals surface area contributed by atoms with Crippen LogP contribution in [0.15, 0.2) is 34.9 Å². The van der Waals surface area contributed by atoms with Crippen molar-refractivity contribution in [2.24, 2.45) is 5.92 Å². The lowest BCUT2D eigenvalue weighted by molar-refractivity contribution is -0.145. The molecule has 5 rings (SSSR count). The second kappa shape index (κ2) is 12.1. The molecule has 0 unspecified atom stereocenters. The number of rotatable bonds is 3. The van der Waals surface area contributed by atoms with Crippen molar-refractivity contribution in [2.45, 2.75) is 57.7 Å². The zero-order valence-corrected chi connectivity index (χ0v) is 22.2. The molecule has 39 heavy (non-hydrogen) atoms. The van der Waals surface area contributed by atoms with Gasteiger partial charge in [0.25, 0.3) is 5.91 Å². The molecule has 4 atom stereocenters. The SMILES string of the molecule is COC(=O)[C@@H]1Cc2ccc(cc2)C[C@H](C)[C@H](NC(=O)c2cc(C)on2)C(=O)N2CCC[C@H]2C(=O)NCC(=O)N1. The van der Waals surface area contributed by atoms with Gasteiger partial charge in [0.05, 0.1) is 13.7 Å². The molecule has 1 fully saturated rings. The summed E-state index contributed by atoms with van der Waals surface area (Å²) in [6, 6.07) is 6.27. The summed E-state index contributed by atoms with van der Waals surface area (Å²) in [6.07, 6.45) is 1.67. The maximum atomic E-state index is 13.8. The Morgan fingerprint density at radius 1 is 1.13 bits per heavy atom. The third-order valence-corrected chi connectivity index (χ3v) is 7.09. The minimum absolute atomic E-state index is 0.0575. The number of hydrogen-bond acceptors (Lipinski definition) is 8. The van der Waals surface area contributed by atoms with Crippen molar-refractivity contribution >= 4 is 29.6 Å². The van der Waals surface area contributed by atoms with Crippen LogP contribution in [0.2, 0.25) is 0 Å². The van der Waals surface area contributed by atoms with Gasteiger partial charge in [0, 0.05) is 19.0 Å². The first-order chi connectivity index (χ1) is 18.7. The standard InChI is InChI=1S/C27H33N5O7/c1-15-11-17-6-8-18(9-7-17)13-20(27(37)38-3)29-22(33)14-28-25(35)21-5-4-10-32(21)26(36)23(15)30-24(34)19-12-16(2)39-31-19/h6-9,12,15,20-21,23H,4-5,10-11,13-14H2,1-3H3,(H,28,35)(H,29,33)(H,30,34)/t15-,20-,21-,23-/m0/s1. The molecule has 0 saturated carbocycles. The molecule has 4 heterocycles. The van der Waals surface area contributed by atoms with Crippen LogP contribution in [-0.4, -0.2) is 78.0 Å². The zero-order chi connectivity index (χ0) is 28.1. The maximum absolute atomic E-state index is 13.8. The summed E-state index contributed by atoms with van der Waals surface area (Å²) < 4.78 is 9.86. The number of methoxy groups -OCH3 is 1. The molecule has 2 aromatic rings. The van der Waals surface area contributed by atoms with Crippen molar-refractivity contribution in [3.63, 3.8) is 0 Å². The Morgan fingerprint density at radius 3 is 2.46 bits per heavy atom. The molecule has 3 aliphatic heterocycles. The molecule has 1 saturated heterocycles. The molecule has 3 N–H and O–H groups in total. The van der Waals surface area contributed by atoms with Gasteiger partial charge in [0.2, 0.25) is 17.7 Å². The van der Waals surface area contributed by atoms with Crippen molar-refractivity contribution < 1.29 is 33.2 Å². The van der Waals surface area contributed by atoms with Gasteiger partial charge in [0.1, 0.15) is 23.9 Å². The van der Waals surface area contributed by atoms with Gasteiger partial charge < -0.3 is 30.1 Å². The molecular weight excluding hydrogens is 506 g/mol. The van der Waals surface area contributed by atoms with Gasteiger partial charge in [-0.2, -0.15) is 0 Å². The Bertz CT molecular complexity index is 1240. The number of fused-ring (bicyclic) bond motifs is 11. The van der Waals surface area contributed by atoms with E-state index in [1.165, 1.54) is 18.1 Å². The molecule has 0 aliphatic carbocycles. The van der Waals surface area contributed by atoms with Gasteiger partial charge in [-0.05, 0) is 43.2 Å². The Morgan fingerprint density at radius 2 is 1.82 bits per heavy atom. The highest BCUT2D eigenvalue weighted by Crippen LogP contribution is 2.23. The summed E-state index contributed by atoms with van der Waals surface area (Å²) in [6.45, 7) is 3.49. The quantitative estimate of drug-likeness (QED) is 0.469. The molecule has 0 radical (unpaired) electrons. The summed E-state index contributed by atoms with van der Waals surface area (Å²) in [4.78, 5) is 66.2. The van der Waals surface area contributed by atoms with Crippen LogP contribution >= 0.6 is 0 Å². The Balaban J connectivity index is 1.65. The van der Waals surface area contributed by atoms with Gasteiger partial charge in [0.15, 0.2) is 5.69 Å². The summed E-state index contributed by atoms with van der Waals surface area (Å²) in [5.41, 5.74) is 1.76. The van der Waals surface area contributed by atoms with Crippen LogP contribution in [0.5, 0.6) is 0 Å². The molecule has 3 aliphatic rings. The summed E-state index contributed by atoms with van der Waals surface area (Å²) in [5.74, 6) is -2.45. The Hall–Kier alpha value is -4.22. The third-order valence-electron chi connectivity index (χ3n) is 7.09. The number of nitrogens with zero attached hydrogens (tertiary/aromatic N) is 2. The second-order valence-electron chi connectivity index (χ2n) is 10.0. The van der Waals surface area contributed by atoms with E-state index in [1.54, 1.807) is 6.92 Å². The minimum Gasteiger partial charge on any atom is -0.467 e. The molecular formula is C27H33N5O7. The number of aromatic nitrogens is 1. The lowest BCUT2D eigenvalue weighted by atomic mass is 9.91. The Labute approximate surface area is 225 Å². The molecule has 12 heteroatoms. The monoisotopic (exact) mass is 539 g/mol. The molecule has 2 bridgehead atoms. The number of amides is 4. The van der Waals surface area contributed by atoms with Crippen molar-refractivity contribution in [1.82, 2.24) is 26.0 Å². The average Bonchev–Trinajstić information content (AvgIpc) is 3.59. The smallest absolute Gasteiger partial charge is 0.328 e. The highest BCUT2D eigenvalue weighted by atomic mass is 16.5. The fourth-order valence-electron chi connectivity index (χ4n) is 5.02. The van der Waals surface area contributed by atoms with Crippen LogP contribution in [-0.2, 0) is 36.8 Å². The Kier molecular flexibility index (Phi) is 8.62. The molecule has 12 nitrogen and oxygen atoms in total. The topological polar surface area (TPSA) is 160 Å². The van der Waals surface area contributed by atoms with Crippen molar-refractivity contribution in [1.29, 1.82) is 0 Å². The number of carbonyl (C=O) groups is 5. The van der Waals surface area contributed by atoms with Gasteiger partial charge in [-0.1, -0.05) is 36.3 Å². The van der Waals surface area contributed by atoms with Crippen molar-refractivity contribution in [3.05, 3.63) is 52.9 Å². The number of carbonyl (C=O) groups excluding carboxylic acids is 5. The number of esters is 1. The van der Waals surface area contributed by atoms with E-state index in [1.807, 2.05) is 31.2 Å². The van der Waals surface area contributed by atoms with Crippen LogP contribution in [0.3, 0.4) is 0 Å². The number of benzene rings is 1. The zero-order valence-electron chi connectivity index (χ0n) is 22.2. The van der Waals surface area contributed by atoms with Gasteiger partial charge in [-0.3, -0.25) is 19.2 Å². The van der Waals surface area contributed by atoms with Crippen LogP contribution < -0.4 is 16.0 Å². The number of ether oxygens (including phenoxy) is 1. The molecule has 4 amide bonds. The van der Waals surface area contributed by atoms with E-state index in [9.17, 15) is 24.0 Å². The normalized spacial score (nSPS) is 24.4. The van der Waals surface area contributed by atoms with E-state index in [0.29, 0.717) is 31.6 Å². The lowest BCUT2D eigenvalue weighted by Gasteiger charge is -2.31. The van der Waals surface area contributed by atoms with Crippen LogP contribution in [0.1, 0.15) is 47.1 Å². The highest BCUT2D eigenvalue weighted by molar-refractivity contribution is 5.98. The first-order valence-electron chi connectivity index (χ1n) is 12.9. The fraction of sp³-hybridized carbons (Fsp3) is 0.481. The van der Waals surface area contributed by atoms with E-state index < -0.39 is 41.8 Å². The lowest BCUT2D eigenvalue weighted by Crippen LogP contribution is -2.56. The van der Waals surface area contributed by atoms with E-state index in [4.69, 9.17) is 9.26 Å². The number of aryl methyl sites for hydroxylation is 1. The highest BCUT2D eigenvalue weighted by Gasteiger charge is 2.40. The third kappa shape index (κ3) is 6.62. The van der Waals surface area contributed by atoms with Gasteiger partial charge >= 0.3 is 5.97 Å². The van der Waals surface area contributed by atoms with Crippen LogP contribution in [0.25, 0.3) is 0 Å². The summed E-state index contributed by atoms with van der Waals surface area (Å²) in [7, 11) is 1.24. The van der Waals surface area contributed by atoms with E-state index in [0.717, 1.165) is 11.1 Å². The van der Waals surface area contributed by atoms with Crippen LogP contribution in [0.4, 0.5) is 0 Å². The molecule has 1 aromatic carbocycles. The van der Waals surface area contributed by atoms with E-state index >= 15 is 0 Å². The van der Waals surface area contributed by atoms with E-state index in [2.05, 4.69) is 21.1 Å². The summed E-state index contributed by atoms with van der Waals surface area (Å²) >= 11 is 0. The number of nitrogens with one attached hydrogen (secondary N) is 3. The van der Waals surface area contributed by atoms with Gasteiger partial charge in [-0.25, -0.2) is 4.79 Å². The first kappa shape index (κ1) is 27.8. The molecule has 0 spiro atoms. The van der Waals surface area contributed by atoms with Crippen molar-refractivity contribution in [2.75, 3.05) is 20.2 Å². The second-order valence-corrected chi connectivity index (χ2v) is 10.0. The maximum Gasteiger partial charge on any atom is 0.328 e. The number of hydrogen-bond donors (Lipinski definition) is 3. The average molecular weight is 540 g/mol. The molecule has 208 valence electrons. The summed E-state index contributed by atoms with van der Waals surface area (Å²) in [5, 5.41) is 11.8. The minimum atomic E-state index is -0.940. The predicted molar refractivity (Wildman–Crippen MR) is 137 cm³/mol. The molecule has 1 aromatic heterocycles. The first-order valence-corrected chi connectivity index (χ1v) is 12.9. The fourth-order valence-corrected chi connectivity index (χ4v) is 5.02. The van der Waals surface area contributed by atoms with E-state index in [-0.39, 0.29) is 30.5 Å². The largest absolute Gasteiger partial charge is 0.467 e. The van der Waals surface area contributed by atoms with Gasteiger partial charge in [-0.15, -0.1) is 0 Å².